The third-order valence-electron chi connectivity index (χ3n) is 5.08. The van der Waals surface area contributed by atoms with Crippen molar-refractivity contribution < 1.29 is 22.7 Å². The number of primary amides is 1. The van der Waals surface area contributed by atoms with Crippen LogP contribution in [0.15, 0.2) is 64.2 Å². The van der Waals surface area contributed by atoms with Gasteiger partial charge in [-0.15, -0.1) is 0 Å². The number of ether oxygens (including phenoxy) is 1. The van der Waals surface area contributed by atoms with Gasteiger partial charge in [0.05, 0.1) is 17.2 Å². The normalized spacial score (nSPS) is 18.1. The average molecular weight is 477 g/mol. The summed E-state index contributed by atoms with van der Waals surface area (Å²) in [6, 6.07) is 12.1. The quantitative estimate of drug-likeness (QED) is 0.549. The molecule has 0 bridgehead atoms. The van der Waals surface area contributed by atoms with E-state index in [1.54, 1.807) is 30.5 Å². The molecule has 1 unspecified atom stereocenters. The van der Waals surface area contributed by atoms with Gasteiger partial charge in [-0.05, 0) is 42.6 Å². The predicted molar refractivity (Wildman–Crippen MR) is 118 cm³/mol. The van der Waals surface area contributed by atoms with Crippen LogP contribution in [0.25, 0.3) is 0 Å². The van der Waals surface area contributed by atoms with Gasteiger partial charge in [-0.1, -0.05) is 29.8 Å². The highest BCUT2D eigenvalue weighted by Gasteiger charge is 2.61. The molecule has 7 nitrogen and oxygen atoms in total. The molecule has 0 saturated carbocycles. The van der Waals surface area contributed by atoms with Crippen LogP contribution in [0.4, 0.5) is 5.69 Å². The number of nitrogens with two attached hydrogens (primary N) is 1. The number of fused-ring (bicyclic) bond motifs is 1. The van der Waals surface area contributed by atoms with Gasteiger partial charge in [-0.3, -0.25) is 9.59 Å². The van der Waals surface area contributed by atoms with Gasteiger partial charge >= 0.3 is 0 Å². The van der Waals surface area contributed by atoms with Crippen molar-refractivity contribution in [1.29, 1.82) is 0 Å². The Morgan fingerprint density at radius 2 is 1.94 bits per heavy atom. The van der Waals surface area contributed by atoms with Gasteiger partial charge in [0.15, 0.2) is 5.41 Å². The van der Waals surface area contributed by atoms with Crippen LogP contribution in [-0.2, 0) is 25.0 Å². The Morgan fingerprint density at radius 1 is 1.19 bits per heavy atom. The van der Waals surface area contributed by atoms with Crippen LogP contribution in [0.2, 0.25) is 5.02 Å². The van der Waals surface area contributed by atoms with E-state index in [1.807, 2.05) is 0 Å². The number of halogens is 1. The monoisotopic (exact) mass is 476 g/mol. The van der Waals surface area contributed by atoms with Crippen molar-refractivity contribution in [3.8, 4) is 5.75 Å². The number of amides is 2. The fraction of sp³-hybridized carbons (Fsp3) is 0.143. The highest BCUT2D eigenvalue weighted by molar-refractivity contribution is 7.93. The van der Waals surface area contributed by atoms with Crippen molar-refractivity contribution >= 4 is 50.5 Å². The number of anilines is 1. The number of para-hydroxylation sites is 1. The molecule has 1 aliphatic rings. The lowest BCUT2D eigenvalue weighted by molar-refractivity contribution is -0.131. The summed E-state index contributed by atoms with van der Waals surface area (Å²) in [4.78, 5) is 26.8. The molecule has 0 aliphatic carbocycles. The molecule has 1 atom stereocenters. The third kappa shape index (κ3) is 3.03. The molecule has 4 rings (SSSR count). The first-order chi connectivity index (χ1) is 14.8. The fourth-order valence-corrected chi connectivity index (χ4v) is 6.45. The maximum Gasteiger partial charge on any atom is 0.271 e. The molecule has 3 aromatic rings. The Hall–Kier alpha value is -2.88. The summed E-state index contributed by atoms with van der Waals surface area (Å²) in [5, 5.41) is 3.22. The van der Waals surface area contributed by atoms with Gasteiger partial charge in [0.1, 0.15) is 5.75 Å². The molecule has 0 spiro atoms. The highest BCUT2D eigenvalue weighted by atomic mass is 35.5. The number of nitrogens with zero attached hydrogens (tertiary/aromatic N) is 1. The molecule has 2 aromatic carbocycles. The van der Waals surface area contributed by atoms with E-state index < -0.39 is 27.3 Å². The summed E-state index contributed by atoms with van der Waals surface area (Å²) < 4.78 is 33.1. The Kier molecular flexibility index (Phi) is 5.28. The lowest BCUT2D eigenvalue weighted by atomic mass is 9.74. The van der Waals surface area contributed by atoms with Crippen molar-refractivity contribution in [3.63, 3.8) is 0 Å². The van der Waals surface area contributed by atoms with Crippen molar-refractivity contribution in [2.45, 2.75) is 17.2 Å². The number of thiophene rings is 1. The Morgan fingerprint density at radius 3 is 2.58 bits per heavy atom. The Labute approximate surface area is 188 Å². The van der Waals surface area contributed by atoms with Crippen LogP contribution in [0, 0.1) is 0 Å². The number of hydrogen-bond acceptors (Lipinski definition) is 6. The van der Waals surface area contributed by atoms with Crippen LogP contribution in [0.1, 0.15) is 18.1 Å². The largest absolute Gasteiger partial charge is 0.494 e. The number of carbonyl (C=O) groups is 2. The number of sulfonamides is 1. The van der Waals surface area contributed by atoms with E-state index in [2.05, 4.69) is 0 Å². The lowest BCUT2D eigenvalue weighted by Crippen LogP contribution is -2.51. The van der Waals surface area contributed by atoms with Crippen LogP contribution in [0.5, 0.6) is 5.75 Å². The summed E-state index contributed by atoms with van der Waals surface area (Å²) >= 11 is 7.36. The smallest absolute Gasteiger partial charge is 0.271 e. The number of carbonyl (C=O) groups excluding carboxylic acids is 2. The minimum Gasteiger partial charge on any atom is -0.494 e. The maximum absolute atomic E-state index is 13.9. The van der Waals surface area contributed by atoms with Crippen molar-refractivity contribution in [3.05, 3.63) is 75.4 Å². The second-order valence-electron chi connectivity index (χ2n) is 6.74. The van der Waals surface area contributed by atoms with Crippen LogP contribution >= 0.6 is 22.9 Å². The van der Waals surface area contributed by atoms with Crippen LogP contribution in [0.3, 0.4) is 0 Å². The molecule has 2 amide bonds. The lowest BCUT2D eigenvalue weighted by Gasteiger charge is -2.27. The van der Waals surface area contributed by atoms with E-state index >= 15 is 0 Å². The first kappa shape index (κ1) is 21.4. The molecule has 1 aliphatic heterocycles. The van der Waals surface area contributed by atoms with Gasteiger partial charge in [0, 0.05) is 21.5 Å². The van der Waals surface area contributed by atoms with E-state index in [0.717, 1.165) is 0 Å². The molecule has 0 radical (unpaired) electrons. The highest BCUT2D eigenvalue weighted by Crippen LogP contribution is 2.51. The number of hydrogen-bond donors (Lipinski definition) is 1. The maximum atomic E-state index is 13.9. The second kappa shape index (κ2) is 7.67. The molecule has 1 aromatic heterocycles. The van der Waals surface area contributed by atoms with Crippen LogP contribution < -0.4 is 14.8 Å². The van der Waals surface area contributed by atoms with Gasteiger partial charge in [0.25, 0.3) is 15.9 Å². The molecular weight excluding hydrogens is 460 g/mol. The molecule has 2 heterocycles. The van der Waals surface area contributed by atoms with E-state index in [4.69, 9.17) is 22.1 Å². The van der Waals surface area contributed by atoms with Gasteiger partial charge < -0.3 is 10.5 Å². The average Bonchev–Trinajstić information content (AvgIpc) is 3.34. The summed E-state index contributed by atoms with van der Waals surface area (Å²) in [5.41, 5.74) is 3.96. The molecular formula is C21H17ClN2O5S2. The summed E-state index contributed by atoms with van der Waals surface area (Å²) in [6.07, 6.45) is 0. The summed E-state index contributed by atoms with van der Waals surface area (Å²) in [6.45, 7) is 2.02. The van der Waals surface area contributed by atoms with Gasteiger partial charge in [0.2, 0.25) is 5.91 Å². The summed E-state index contributed by atoms with van der Waals surface area (Å²) in [7, 11) is -4.31. The SMILES string of the molecule is CCOc1ccccc1C1(C(N)=O)C(=O)N(S(=O)(=O)c2ccsc2)c2ccc(Cl)cc21. The Bertz CT molecular complexity index is 1290. The molecule has 2 N–H and O–H groups in total. The number of benzene rings is 2. The molecule has 0 fully saturated rings. The predicted octanol–water partition coefficient (Wildman–Crippen LogP) is 3.31. The van der Waals surface area contributed by atoms with E-state index in [0.29, 0.717) is 4.31 Å². The second-order valence-corrected chi connectivity index (χ2v) is 9.74. The standard InChI is InChI=1S/C21H17ClN2O5S2/c1-2-29-18-6-4-3-5-15(18)21(19(23)25)16-11-13(22)7-8-17(16)24(20(21)26)31(27,28)14-9-10-30-12-14/h3-12H,2H2,1H3,(H2,23,25). The van der Waals surface area contributed by atoms with Crippen molar-refractivity contribution in [1.82, 2.24) is 0 Å². The molecule has 160 valence electrons. The third-order valence-corrected chi connectivity index (χ3v) is 7.84. The zero-order valence-electron chi connectivity index (χ0n) is 16.2. The minimum atomic E-state index is -4.31. The molecule has 10 heteroatoms. The van der Waals surface area contributed by atoms with E-state index in [1.165, 1.54) is 47.0 Å². The topological polar surface area (TPSA) is 107 Å². The van der Waals surface area contributed by atoms with Crippen molar-refractivity contribution in [2.75, 3.05) is 10.9 Å². The summed E-state index contributed by atoms with van der Waals surface area (Å²) in [5.74, 6) is -1.79. The van der Waals surface area contributed by atoms with E-state index in [9.17, 15) is 18.0 Å². The fourth-order valence-electron chi connectivity index (χ4n) is 3.79. The molecule has 31 heavy (non-hydrogen) atoms. The first-order valence-corrected chi connectivity index (χ1v) is 12.0. The van der Waals surface area contributed by atoms with Gasteiger partial charge in [-0.2, -0.15) is 11.3 Å². The molecule has 0 saturated heterocycles. The first-order valence-electron chi connectivity index (χ1n) is 9.20. The van der Waals surface area contributed by atoms with Crippen LogP contribution in [-0.4, -0.2) is 26.8 Å². The van der Waals surface area contributed by atoms with Gasteiger partial charge in [-0.25, -0.2) is 12.7 Å². The Balaban J connectivity index is 2.08. The zero-order valence-corrected chi connectivity index (χ0v) is 18.6. The minimum absolute atomic E-state index is 0.0192. The van der Waals surface area contributed by atoms with Crippen molar-refractivity contribution in [2.24, 2.45) is 5.73 Å². The number of rotatable bonds is 6. The van der Waals surface area contributed by atoms with E-state index in [-0.39, 0.29) is 39.1 Å². The zero-order chi connectivity index (χ0) is 22.4.